The standard InChI is InChI=1S/C25H22F3N3O2/c26-19-11-15(21-5-2-10-31-21)6-8-22(19)32-13-17-3-1-4-18(24(17)28)14-33-23-9-7-16(25(29)30)12-20(23)27/h1,3-4,6-9,11-12H,2,5,10,13-14H2,(H3,29,30). The van der Waals surface area contributed by atoms with E-state index in [0.717, 1.165) is 36.7 Å². The van der Waals surface area contributed by atoms with E-state index in [-0.39, 0.29) is 47.2 Å². The predicted molar refractivity (Wildman–Crippen MR) is 120 cm³/mol. The average molecular weight is 453 g/mol. The quantitative estimate of drug-likeness (QED) is 0.367. The van der Waals surface area contributed by atoms with Crippen molar-refractivity contribution in [1.82, 2.24) is 0 Å². The van der Waals surface area contributed by atoms with E-state index in [2.05, 4.69) is 4.99 Å². The van der Waals surface area contributed by atoms with Crippen molar-refractivity contribution >= 4 is 11.5 Å². The first-order chi connectivity index (χ1) is 15.9. The zero-order valence-corrected chi connectivity index (χ0v) is 17.7. The van der Waals surface area contributed by atoms with Crippen LogP contribution in [0.25, 0.3) is 0 Å². The average Bonchev–Trinajstić information content (AvgIpc) is 3.34. The second kappa shape index (κ2) is 9.77. The minimum absolute atomic E-state index is 0.0195. The van der Waals surface area contributed by atoms with Crippen molar-refractivity contribution in [3.05, 3.63) is 94.3 Å². The van der Waals surface area contributed by atoms with Gasteiger partial charge in [0, 0.05) is 28.9 Å². The van der Waals surface area contributed by atoms with Gasteiger partial charge in [-0.2, -0.15) is 0 Å². The second-order valence-corrected chi connectivity index (χ2v) is 7.60. The molecule has 3 N–H and O–H groups in total. The van der Waals surface area contributed by atoms with E-state index in [9.17, 15) is 13.2 Å². The molecular weight excluding hydrogens is 431 g/mol. The monoisotopic (exact) mass is 453 g/mol. The van der Waals surface area contributed by atoms with E-state index in [1.54, 1.807) is 12.1 Å². The molecule has 0 saturated carbocycles. The lowest BCUT2D eigenvalue weighted by Crippen LogP contribution is -2.11. The number of nitrogens with one attached hydrogen (secondary N) is 1. The molecule has 0 fully saturated rings. The fourth-order valence-electron chi connectivity index (χ4n) is 3.52. The number of nitrogen functional groups attached to an aromatic ring is 1. The van der Waals surface area contributed by atoms with E-state index in [0.29, 0.717) is 0 Å². The lowest BCUT2D eigenvalue weighted by atomic mass is 10.1. The highest BCUT2D eigenvalue weighted by Gasteiger charge is 2.15. The molecular formula is C25H22F3N3O2. The van der Waals surface area contributed by atoms with Gasteiger partial charge in [-0.05, 0) is 54.8 Å². The lowest BCUT2D eigenvalue weighted by Gasteiger charge is -2.13. The van der Waals surface area contributed by atoms with Gasteiger partial charge < -0.3 is 15.2 Å². The van der Waals surface area contributed by atoms with Crippen LogP contribution in [0.4, 0.5) is 13.2 Å². The molecule has 0 amide bonds. The molecule has 1 aliphatic rings. The molecule has 0 bridgehead atoms. The molecule has 0 unspecified atom stereocenters. The van der Waals surface area contributed by atoms with E-state index in [1.807, 2.05) is 0 Å². The normalized spacial score (nSPS) is 13.0. The Labute approximate surface area is 189 Å². The number of benzene rings is 3. The van der Waals surface area contributed by atoms with Crippen molar-refractivity contribution < 1.29 is 22.6 Å². The van der Waals surface area contributed by atoms with E-state index >= 15 is 0 Å². The summed E-state index contributed by atoms with van der Waals surface area (Å²) in [5, 5.41) is 7.34. The van der Waals surface area contributed by atoms with Gasteiger partial charge in [-0.1, -0.05) is 18.2 Å². The van der Waals surface area contributed by atoms with Crippen molar-refractivity contribution in [3.8, 4) is 11.5 Å². The Morgan fingerprint density at radius 2 is 1.55 bits per heavy atom. The van der Waals surface area contributed by atoms with Crippen LogP contribution in [-0.4, -0.2) is 18.1 Å². The van der Waals surface area contributed by atoms with Gasteiger partial charge in [0.2, 0.25) is 0 Å². The molecule has 5 nitrogen and oxygen atoms in total. The Morgan fingerprint density at radius 1 is 0.909 bits per heavy atom. The Bertz CT molecular complexity index is 1230. The number of halogens is 3. The molecule has 3 aromatic rings. The minimum Gasteiger partial charge on any atom is -0.486 e. The highest BCUT2D eigenvalue weighted by molar-refractivity contribution is 6.01. The first-order valence-electron chi connectivity index (χ1n) is 10.4. The molecule has 0 radical (unpaired) electrons. The summed E-state index contributed by atoms with van der Waals surface area (Å²) < 4.78 is 54.4. The van der Waals surface area contributed by atoms with Crippen LogP contribution in [0.3, 0.4) is 0 Å². The fourth-order valence-corrected chi connectivity index (χ4v) is 3.52. The number of aliphatic imine (C=N–C) groups is 1. The van der Waals surface area contributed by atoms with Crippen molar-refractivity contribution in [2.75, 3.05) is 6.54 Å². The number of hydrogen-bond acceptors (Lipinski definition) is 4. The Kier molecular flexibility index (Phi) is 6.63. The fraction of sp³-hybridized carbons (Fsp3) is 0.200. The minimum atomic E-state index is -0.704. The van der Waals surface area contributed by atoms with Crippen LogP contribution in [0.5, 0.6) is 11.5 Å². The zero-order valence-electron chi connectivity index (χ0n) is 17.7. The Morgan fingerprint density at radius 3 is 2.09 bits per heavy atom. The topological polar surface area (TPSA) is 80.7 Å². The molecule has 0 atom stereocenters. The van der Waals surface area contributed by atoms with Gasteiger partial charge in [0.25, 0.3) is 0 Å². The summed E-state index contributed by atoms with van der Waals surface area (Å²) in [4.78, 5) is 4.36. The molecule has 4 rings (SSSR count). The summed E-state index contributed by atoms with van der Waals surface area (Å²) in [5.74, 6) is -2.15. The molecule has 1 heterocycles. The maximum atomic E-state index is 14.9. The summed E-state index contributed by atoms with van der Waals surface area (Å²) in [7, 11) is 0. The summed E-state index contributed by atoms with van der Waals surface area (Å²) in [6, 6.07) is 13.2. The third kappa shape index (κ3) is 5.16. The van der Waals surface area contributed by atoms with Crippen molar-refractivity contribution in [1.29, 1.82) is 5.41 Å². The number of nitrogens with two attached hydrogens (primary N) is 1. The van der Waals surface area contributed by atoms with Crippen LogP contribution in [0.15, 0.2) is 59.6 Å². The van der Waals surface area contributed by atoms with Crippen LogP contribution in [0, 0.1) is 22.9 Å². The molecule has 0 aromatic heterocycles. The Balaban J connectivity index is 1.42. The summed E-state index contributed by atoms with van der Waals surface area (Å²) in [6.07, 6.45) is 1.79. The summed E-state index contributed by atoms with van der Waals surface area (Å²) in [5.41, 5.74) is 7.58. The number of amidine groups is 1. The second-order valence-electron chi connectivity index (χ2n) is 7.60. The van der Waals surface area contributed by atoms with Gasteiger partial charge in [0.15, 0.2) is 23.1 Å². The molecule has 0 spiro atoms. The van der Waals surface area contributed by atoms with Gasteiger partial charge in [-0.3, -0.25) is 10.4 Å². The van der Waals surface area contributed by atoms with Crippen molar-refractivity contribution in [2.45, 2.75) is 26.1 Å². The van der Waals surface area contributed by atoms with Gasteiger partial charge in [0.1, 0.15) is 24.9 Å². The Hall–Kier alpha value is -3.81. The van der Waals surface area contributed by atoms with Crippen molar-refractivity contribution in [3.63, 3.8) is 0 Å². The van der Waals surface area contributed by atoms with E-state index < -0.39 is 17.5 Å². The molecule has 170 valence electrons. The third-order valence-electron chi connectivity index (χ3n) is 5.31. The number of nitrogens with zero attached hydrogens (tertiary/aromatic N) is 1. The van der Waals surface area contributed by atoms with Crippen LogP contribution >= 0.6 is 0 Å². The smallest absolute Gasteiger partial charge is 0.165 e. The highest BCUT2D eigenvalue weighted by Crippen LogP contribution is 2.24. The molecule has 1 aliphatic heterocycles. The van der Waals surface area contributed by atoms with Gasteiger partial charge >= 0.3 is 0 Å². The van der Waals surface area contributed by atoms with Gasteiger partial charge in [0.05, 0.1) is 0 Å². The molecule has 33 heavy (non-hydrogen) atoms. The third-order valence-corrected chi connectivity index (χ3v) is 5.31. The van der Waals surface area contributed by atoms with Crippen molar-refractivity contribution in [2.24, 2.45) is 10.7 Å². The van der Waals surface area contributed by atoms with Crippen LogP contribution < -0.4 is 15.2 Å². The largest absolute Gasteiger partial charge is 0.486 e. The first-order valence-corrected chi connectivity index (χ1v) is 10.4. The van der Waals surface area contributed by atoms with Gasteiger partial charge in [-0.15, -0.1) is 0 Å². The van der Waals surface area contributed by atoms with Gasteiger partial charge in [-0.25, -0.2) is 13.2 Å². The summed E-state index contributed by atoms with van der Waals surface area (Å²) in [6.45, 7) is 0.352. The first kappa shape index (κ1) is 22.4. The maximum Gasteiger partial charge on any atom is 0.165 e. The molecule has 0 saturated heterocycles. The number of rotatable bonds is 8. The molecule has 0 aliphatic carbocycles. The van der Waals surface area contributed by atoms with Crippen LogP contribution in [-0.2, 0) is 13.2 Å². The highest BCUT2D eigenvalue weighted by atomic mass is 19.1. The summed E-state index contributed by atoms with van der Waals surface area (Å²) >= 11 is 0. The van der Waals surface area contributed by atoms with E-state index in [1.165, 1.54) is 36.4 Å². The number of ether oxygens (including phenoxy) is 2. The number of hydrogen-bond donors (Lipinski definition) is 2. The predicted octanol–water partition coefficient (Wildman–Crippen LogP) is 5.13. The van der Waals surface area contributed by atoms with Crippen LogP contribution in [0.2, 0.25) is 0 Å². The zero-order chi connectivity index (χ0) is 23.4. The molecule has 3 aromatic carbocycles. The SMILES string of the molecule is N=C(N)c1ccc(OCc2cccc(COc3ccc(C4=NCCC4)cc3F)c2F)c(F)c1. The van der Waals surface area contributed by atoms with Crippen LogP contribution in [0.1, 0.15) is 35.1 Å². The lowest BCUT2D eigenvalue weighted by molar-refractivity contribution is 0.274. The molecule has 8 heteroatoms. The maximum absolute atomic E-state index is 14.9. The van der Waals surface area contributed by atoms with E-state index in [4.69, 9.17) is 20.6 Å².